The van der Waals surface area contributed by atoms with E-state index in [0.29, 0.717) is 0 Å². The van der Waals surface area contributed by atoms with Gasteiger partial charge >= 0.3 is 11.7 Å². The van der Waals surface area contributed by atoms with Crippen LogP contribution < -0.4 is 0 Å². The maximum Gasteiger partial charge on any atom is 0.341 e. The summed E-state index contributed by atoms with van der Waals surface area (Å²) in [5.41, 5.74) is -0.0732. The van der Waals surface area contributed by atoms with Crippen molar-refractivity contribution in [3.8, 4) is 0 Å². The van der Waals surface area contributed by atoms with Gasteiger partial charge in [-0.25, -0.2) is 25.9 Å². The van der Waals surface area contributed by atoms with E-state index in [1.807, 2.05) is 0 Å². The molecule has 1 aromatic carbocycles. The van der Waals surface area contributed by atoms with Gasteiger partial charge in [-0.15, -0.1) is 0 Å². The van der Waals surface area contributed by atoms with Gasteiger partial charge < -0.3 is 9.15 Å². The number of hydrogen-bond acceptors (Lipinski definition) is 7. The summed E-state index contributed by atoms with van der Waals surface area (Å²) in [6, 6.07) is 6.33. The average Bonchev–Trinajstić information content (AvgIpc) is 3.09. The van der Waals surface area contributed by atoms with Crippen molar-refractivity contribution in [1.82, 2.24) is 4.31 Å². The number of halogens is 2. The summed E-state index contributed by atoms with van der Waals surface area (Å²) in [7, 11) is -5.86. The first-order valence-electron chi connectivity index (χ1n) is 7.26. The number of rotatable bonds is 7. The monoisotopic (exact) mass is 423 g/mol. The number of ether oxygens (including phenoxy) is 1. The summed E-state index contributed by atoms with van der Waals surface area (Å²) in [6.07, 6.45) is 0. The first-order valence-corrected chi connectivity index (χ1v) is 10.3. The van der Waals surface area contributed by atoms with Gasteiger partial charge in [0.05, 0.1) is 10.5 Å². The second-order valence-corrected chi connectivity index (χ2v) is 9.41. The second kappa shape index (κ2) is 7.74. The number of carbonyl (C=O) groups excluding carboxylic acids is 1. The van der Waals surface area contributed by atoms with Crippen LogP contribution in [0.2, 0.25) is 0 Å². The number of furan rings is 1. The minimum absolute atomic E-state index is 0.0701. The largest absolute Gasteiger partial charge is 0.454 e. The number of sulfonamides is 1. The molecule has 1 aromatic heterocycles. The van der Waals surface area contributed by atoms with Gasteiger partial charge in [0.2, 0.25) is 14.9 Å². The van der Waals surface area contributed by atoms with Crippen LogP contribution in [0.1, 0.15) is 16.1 Å². The SMILES string of the molecule is CN(C)S(=O)(=O)c1ccc(COC(=O)c2ccc(S(=O)(=O)C(F)F)cc2)o1. The van der Waals surface area contributed by atoms with Gasteiger partial charge in [0.25, 0.3) is 10.0 Å². The number of carbonyl (C=O) groups is 1. The number of esters is 1. The molecule has 0 spiro atoms. The molecule has 2 rings (SSSR count). The first kappa shape index (κ1) is 21.0. The van der Waals surface area contributed by atoms with Crippen molar-refractivity contribution in [3.05, 3.63) is 47.7 Å². The Kier molecular flexibility index (Phi) is 6.02. The second-order valence-electron chi connectivity index (χ2n) is 5.41. The first-order chi connectivity index (χ1) is 12.5. The van der Waals surface area contributed by atoms with Crippen molar-refractivity contribution < 1.29 is 39.6 Å². The van der Waals surface area contributed by atoms with Crippen LogP contribution in [0, 0.1) is 0 Å². The quantitative estimate of drug-likeness (QED) is 0.625. The number of hydrogen-bond donors (Lipinski definition) is 0. The third-order valence-electron chi connectivity index (χ3n) is 3.37. The molecule has 27 heavy (non-hydrogen) atoms. The highest BCUT2D eigenvalue weighted by atomic mass is 32.2. The highest BCUT2D eigenvalue weighted by Gasteiger charge is 2.26. The van der Waals surface area contributed by atoms with E-state index in [4.69, 9.17) is 9.15 Å². The summed E-state index contributed by atoms with van der Waals surface area (Å²) in [5, 5.41) is -0.319. The van der Waals surface area contributed by atoms with Crippen LogP contribution in [0.4, 0.5) is 8.78 Å². The molecular formula is C15H15F2NO7S2. The third-order valence-corrected chi connectivity index (χ3v) is 6.46. The lowest BCUT2D eigenvalue weighted by Gasteiger charge is -2.08. The minimum Gasteiger partial charge on any atom is -0.454 e. The highest BCUT2D eigenvalue weighted by molar-refractivity contribution is 7.91. The molecule has 0 radical (unpaired) electrons. The van der Waals surface area contributed by atoms with Crippen LogP contribution >= 0.6 is 0 Å². The molecule has 0 atom stereocenters. The molecule has 0 aliphatic carbocycles. The molecule has 0 saturated heterocycles. The average molecular weight is 423 g/mol. The van der Waals surface area contributed by atoms with Crippen molar-refractivity contribution in [1.29, 1.82) is 0 Å². The van der Waals surface area contributed by atoms with E-state index in [2.05, 4.69) is 0 Å². The summed E-state index contributed by atoms with van der Waals surface area (Å²) in [4.78, 5) is 11.3. The minimum atomic E-state index is -4.75. The number of sulfone groups is 1. The standard InChI is InChI=1S/C15H15F2NO7S2/c1-18(2)27(22,23)13-8-5-11(25-13)9-24-14(19)10-3-6-12(7-4-10)26(20,21)15(16)17/h3-8,15H,9H2,1-2H3. The molecule has 0 aliphatic rings. The lowest BCUT2D eigenvalue weighted by molar-refractivity contribution is 0.0440. The van der Waals surface area contributed by atoms with Crippen LogP contribution in [0.3, 0.4) is 0 Å². The predicted octanol–water partition coefficient (Wildman–Crippen LogP) is 1.88. The Morgan fingerprint density at radius 3 is 2.19 bits per heavy atom. The fourth-order valence-electron chi connectivity index (χ4n) is 1.86. The molecule has 0 saturated carbocycles. The lowest BCUT2D eigenvalue weighted by Crippen LogP contribution is -2.21. The zero-order chi connectivity index (χ0) is 20.4. The van der Waals surface area contributed by atoms with Crippen molar-refractivity contribution in [2.75, 3.05) is 14.1 Å². The van der Waals surface area contributed by atoms with Crippen LogP contribution in [0.5, 0.6) is 0 Å². The van der Waals surface area contributed by atoms with Crippen molar-refractivity contribution in [2.24, 2.45) is 0 Å². The lowest BCUT2D eigenvalue weighted by atomic mass is 10.2. The molecule has 0 amide bonds. The topological polar surface area (TPSA) is 111 Å². The summed E-state index contributed by atoms with van der Waals surface area (Å²) >= 11 is 0. The Balaban J connectivity index is 2.06. The number of alkyl halides is 2. The van der Waals surface area contributed by atoms with Crippen LogP contribution in [-0.2, 0) is 31.2 Å². The zero-order valence-electron chi connectivity index (χ0n) is 14.1. The predicted molar refractivity (Wildman–Crippen MR) is 88.3 cm³/mol. The summed E-state index contributed by atoms with van der Waals surface area (Å²) in [6.45, 7) is -0.376. The molecule has 2 aromatic rings. The molecule has 148 valence electrons. The molecule has 0 fully saturated rings. The maximum absolute atomic E-state index is 12.5. The zero-order valence-corrected chi connectivity index (χ0v) is 15.8. The highest BCUT2D eigenvalue weighted by Crippen LogP contribution is 2.20. The Bertz CT molecular complexity index is 1030. The molecule has 0 N–H and O–H groups in total. The van der Waals surface area contributed by atoms with Gasteiger partial charge in [-0.2, -0.15) is 8.78 Å². The van der Waals surface area contributed by atoms with Crippen molar-refractivity contribution >= 4 is 25.8 Å². The van der Waals surface area contributed by atoms with E-state index in [0.717, 1.165) is 28.6 Å². The van der Waals surface area contributed by atoms with Gasteiger partial charge in [0, 0.05) is 14.1 Å². The molecule has 8 nitrogen and oxygen atoms in total. The van der Waals surface area contributed by atoms with Gasteiger partial charge in [0.1, 0.15) is 12.4 Å². The van der Waals surface area contributed by atoms with Gasteiger partial charge in [-0.3, -0.25) is 0 Å². The molecule has 12 heteroatoms. The summed E-state index contributed by atoms with van der Waals surface area (Å²) in [5.74, 6) is -4.37. The fraction of sp³-hybridized carbons (Fsp3) is 0.267. The van der Waals surface area contributed by atoms with Crippen LogP contribution in [0.15, 0.2) is 50.8 Å². The number of benzene rings is 1. The van der Waals surface area contributed by atoms with E-state index in [1.54, 1.807) is 0 Å². The van der Waals surface area contributed by atoms with Crippen molar-refractivity contribution in [2.45, 2.75) is 22.4 Å². The molecular weight excluding hydrogens is 408 g/mol. The van der Waals surface area contributed by atoms with Crippen LogP contribution in [-0.4, -0.2) is 47.0 Å². The van der Waals surface area contributed by atoms with Crippen LogP contribution in [0.25, 0.3) is 0 Å². The van der Waals surface area contributed by atoms with Gasteiger partial charge in [-0.1, -0.05) is 0 Å². The fourth-order valence-corrected chi connectivity index (χ4v) is 3.39. The number of nitrogens with zero attached hydrogens (tertiary/aromatic N) is 1. The van der Waals surface area contributed by atoms with Crippen molar-refractivity contribution in [3.63, 3.8) is 0 Å². The molecule has 0 unspecified atom stereocenters. The maximum atomic E-state index is 12.5. The van der Waals surface area contributed by atoms with E-state index < -0.39 is 36.5 Å². The van der Waals surface area contributed by atoms with E-state index in [9.17, 15) is 30.4 Å². The Labute approximate surface area is 154 Å². The third kappa shape index (κ3) is 4.51. The smallest absolute Gasteiger partial charge is 0.341 e. The molecule has 0 aliphatic heterocycles. The Morgan fingerprint density at radius 2 is 1.67 bits per heavy atom. The normalized spacial score (nSPS) is 12.5. The van der Waals surface area contributed by atoms with Gasteiger partial charge in [-0.05, 0) is 36.4 Å². The van der Waals surface area contributed by atoms with E-state index >= 15 is 0 Å². The van der Waals surface area contributed by atoms with E-state index in [-0.39, 0.29) is 23.0 Å². The molecule has 1 heterocycles. The summed E-state index contributed by atoms with van der Waals surface area (Å²) < 4.78 is 82.4. The molecule has 0 bridgehead atoms. The van der Waals surface area contributed by atoms with Gasteiger partial charge in [0.15, 0.2) is 0 Å². The Hall–Kier alpha value is -2.31. The Morgan fingerprint density at radius 1 is 1.07 bits per heavy atom. The van der Waals surface area contributed by atoms with E-state index in [1.165, 1.54) is 26.2 Å².